The number of rotatable bonds is 7. The first-order valence-corrected chi connectivity index (χ1v) is 20.7. The Morgan fingerprint density at radius 2 is 0.782 bits per heavy atom. The van der Waals surface area contributed by atoms with Crippen LogP contribution >= 0.6 is 15.8 Å². The fourth-order valence-corrected chi connectivity index (χ4v) is 14.4. The van der Waals surface area contributed by atoms with Gasteiger partial charge in [-0.25, -0.2) is 0 Å². The number of alkyl halides is 12. The normalized spacial score (nSPS) is 20.8. The molecule has 10 radical (unpaired) electrons. The van der Waals surface area contributed by atoms with Crippen LogP contribution in [-0.4, -0.2) is 17.0 Å². The van der Waals surface area contributed by atoms with Gasteiger partial charge in [-0.1, -0.05) is 53.4 Å². The minimum atomic E-state index is -5.26. The molecule has 55 heavy (non-hydrogen) atoms. The summed E-state index contributed by atoms with van der Waals surface area (Å²) in [4.78, 5) is 0. The minimum Gasteiger partial charge on any atom is -0.166 e. The first-order valence-electron chi connectivity index (χ1n) is 17.8. The molecule has 0 N–H and O–H groups in total. The van der Waals surface area contributed by atoms with E-state index < -0.39 is 65.5 Å². The molecule has 6 rings (SSSR count). The Morgan fingerprint density at radius 3 is 1.09 bits per heavy atom. The largest absolute Gasteiger partial charge is 0.416 e. The molecule has 15 heteroatoms. The summed E-state index contributed by atoms with van der Waals surface area (Å²) in [5, 5.41) is -1.42. The Labute approximate surface area is 329 Å². The Morgan fingerprint density at radius 1 is 0.473 bits per heavy atom. The van der Waals surface area contributed by atoms with Gasteiger partial charge in [0, 0.05) is 22.7 Å². The third-order valence-electron chi connectivity index (χ3n) is 10.2. The van der Waals surface area contributed by atoms with Crippen LogP contribution in [0.2, 0.25) is 0 Å². The Balaban J connectivity index is 0.000000272. The van der Waals surface area contributed by atoms with Crippen LogP contribution < -0.4 is 10.6 Å². The molecule has 0 aliphatic heterocycles. The quantitative estimate of drug-likeness (QED) is 0.148. The van der Waals surface area contributed by atoms with Crippen LogP contribution in [0.15, 0.2) is 36.4 Å². The maximum atomic E-state index is 13.3. The van der Waals surface area contributed by atoms with Crippen molar-refractivity contribution < 1.29 is 69.8 Å². The van der Waals surface area contributed by atoms with E-state index in [4.69, 9.17) is 0 Å². The van der Waals surface area contributed by atoms with Crippen molar-refractivity contribution in [2.75, 3.05) is 0 Å². The van der Waals surface area contributed by atoms with Crippen molar-refractivity contribution in [3.63, 3.8) is 0 Å². The standard InChI is InChI=1S/C21H10F12P.C19H30P.Fe/c22-18(23,24)11-5-12(19(25,26)27)8-16(7-11)34(15-3-1-2-4-15)17-9-13(20(28,29)30)6-14(10-17)21(31,32)33;1-16(17-10-8-9-11-17)20(18-12-4-2-5-13-18)19-14-6-3-7-15-19;/h1-10H;8-11,16,18-19H,2-7,12-15H2,1H3;/t;16-;/m.1./s1. The molecule has 2 aromatic rings. The van der Waals surface area contributed by atoms with E-state index in [0.717, 1.165) is 17.0 Å². The van der Waals surface area contributed by atoms with Crippen LogP contribution in [0.1, 0.15) is 93.4 Å². The van der Waals surface area contributed by atoms with Gasteiger partial charge in [0.05, 0.1) is 22.3 Å². The molecule has 2 aromatic carbocycles. The summed E-state index contributed by atoms with van der Waals surface area (Å²) in [5.74, 6) is 1.63. The van der Waals surface area contributed by atoms with Crippen LogP contribution in [0.5, 0.6) is 0 Å². The second kappa shape index (κ2) is 19.4. The molecule has 0 spiro atoms. The van der Waals surface area contributed by atoms with Gasteiger partial charge in [0.1, 0.15) is 0 Å². The van der Waals surface area contributed by atoms with Gasteiger partial charge in [-0.3, -0.25) is 0 Å². The summed E-state index contributed by atoms with van der Waals surface area (Å²) in [6, 6.07) is 0.885. The van der Waals surface area contributed by atoms with E-state index in [9.17, 15) is 52.7 Å². The number of benzene rings is 2. The summed E-state index contributed by atoms with van der Waals surface area (Å²) in [6.45, 7) is 2.55. The van der Waals surface area contributed by atoms with Crippen molar-refractivity contribution >= 4 is 26.5 Å². The van der Waals surface area contributed by atoms with E-state index in [-0.39, 0.29) is 42.8 Å². The average molecular weight is 867 g/mol. The van der Waals surface area contributed by atoms with E-state index in [0.29, 0.717) is 24.3 Å². The molecule has 302 valence electrons. The number of hydrogen-bond donors (Lipinski definition) is 0. The molecular formula is C40H40F12FeP2. The smallest absolute Gasteiger partial charge is 0.166 e. The van der Waals surface area contributed by atoms with Crippen LogP contribution in [0.4, 0.5) is 52.7 Å². The van der Waals surface area contributed by atoms with Crippen LogP contribution in [0.3, 0.4) is 0 Å². The Hall–Kier alpha value is -1.02. The fraction of sp³-hybridized carbons (Fsp3) is 0.450. The molecule has 0 unspecified atom stereocenters. The van der Waals surface area contributed by atoms with Crippen molar-refractivity contribution in [2.24, 2.45) is 0 Å². The minimum absolute atomic E-state index is 0. The topological polar surface area (TPSA) is 0 Å². The zero-order chi connectivity index (χ0) is 39.5. The van der Waals surface area contributed by atoms with Gasteiger partial charge in [-0.2, -0.15) is 52.7 Å². The predicted octanol–water partition coefficient (Wildman–Crippen LogP) is 13.5. The molecule has 4 aliphatic carbocycles. The second-order valence-corrected chi connectivity index (χ2v) is 19.3. The molecule has 0 saturated heterocycles. The van der Waals surface area contributed by atoms with Gasteiger partial charge in [0.15, 0.2) is 0 Å². The van der Waals surface area contributed by atoms with E-state index in [1.54, 1.807) is 5.92 Å². The van der Waals surface area contributed by atoms with Crippen LogP contribution in [-0.2, 0) is 41.8 Å². The molecule has 0 heterocycles. The molecule has 0 amide bonds. The van der Waals surface area contributed by atoms with Crippen LogP contribution in [0.25, 0.3) is 0 Å². The number of halogens is 12. The van der Waals surface area contributed by atoms with Crippen molar-refractivity contribution in [1.82, 2.24) is 0 Å². The second-order valence-electron chi connectivity index (χ2n) is 13.9. The summed E-state index contributed by atoms with van der Waals surface area (Å²) in [7, 11) is -2.47. The van der Waals surface area contributed by atoms with E-state index >= 15 is 0 Å². The van der Waals surface area contributed by atoms with Gasteiger partial charge in [-0.15, -0.1) is 0 Å². The Bertz CT molecular complexity index is 1340. The molecule has 0 nitrogen and oxygen atoms in total. The third-order valence-corrected chi connectivity index (χ3v) is 16.5. The zero-order valence-electron chi connectivity index (χ0n) is 29.7. The molecule has 1 atom stereocenters. The summed E-state index contributed by atoms with van der Waals surface area (Å²) in [5.41, 5.74) is -3.99. The summed E-state index contributed by atoms with van der Waals surface area (Å²) >= 11 is 0. The molecule has 4 aliphatic rings. The number of hydrogen-bond acceptors (Lipinski definition) is 0. The molecule has 0 bridgehead atoms. The zero-order valence-corrected chi connectivity index (χ0v) is 32.6. The van der Waals surface area contributed by atoms with Crippen LogP contribution in [0, 0.1) is 62.9 Å². The maximum Gasteiger partial charge on any atom is 0.416 e. The first kappa shape index (κ1) is 46.7. The maximum absolute atomic E-state index is 13.3. The predicted molar refractivity (Wildman–Crippen MR) is 190 cm³/mol. The van der Waals surface area contributed by atoms with Crippen molar-refractivity contribution in [2.45, 2.75) is 113 Å². The van der Waals surface area contributed by atoms with Crippen molar-refractivity contribution in [1.29, 1.82) is 0 Å². The molecular weight excluding hydrogens is 826 g/mol. The van der Waals surface area contributed by atoms with E-state index in [2.05, 4.69) is 32.6 Å². The van der Waals surface area contributed by atoms with Gasteiger partial charge >= 0.3 is 24.7 Å². The summed E-state index contributed by atoms with van der Waals surface area (Å²) in [6.07, 6.45) is 8.37. The van der Waals surface area contributed by atoms with E-state index in [1.165, 1.54) is 89.9 Å². The van der Waals surface area contributed by atoms with Gasteiger partial charge < -0.3 is 0 Å². The van der Waals surface area contributed by atoms with E-state index in [1.807, 2.05) is 0 Å². The summed E-state index contributed by atoms with van der Waals surface area (Å²) < 4.78 is 160. The monoisotopic (exact) mass is 866 g/mol. The van der Waals surface area contributed by atoms with Crippen molar-refractivity contribution in [3.05, 3.63) is 122 Å². The van der Waals surface area contributed by atoms with Gasteiger partial charge in [0.2, 0.25) is 0 Å². The molecule has 0 aromatic heterocycles. The Kier molecular flexibility index (Phi) is 16.4. The average Bonchev–Trinajstić information content (AvgIpc) is 3.84. The molecule has 4 saturated carbocycles. The fourth-order valence-electron chi connectivity index (χ4n) is 7.62. The van der Waals surface area contributed by atoms with Crippen molar-refractivity contribution in [3.8, 4) is 0 Å². The first-order chi connectivity index (χ1) is 25.2. The molecule has 4 fully saturated rings. The third kappa shape index (κ3) is 12.5. The SMILES string of the molecule is C[C@H]([C]1[CH][CH][CH][CH]1)P(C1CCCCC1)C1CCCCC1.FC(F)(F)c1cc(P([C]2[CH][CH][CH][CH]2)c2cc(C(F)(F)F)cc(C(F)(F)F)c2)cc(C(F)(F)F)c1.[Fe]. The van der Waals surface area contributed by atoms with Gasteiger partial charge in [0.25, 0.3) is 0 Å². The van der Waals surface area contributed by atoms with Gasteiger partial charge in [-0.05, 0) is 155 Å².